The summed E-state index contributed by atoms with van der Waals surface area (Å²) in [5.74, 6) is 0.00960. The van der Waals surface area contributed by atoms with Crippen LogP contribution in [0.5, 0.6) is 0 Å². The van der Waals surface area contributed by atoms with Crippen LogP contribution >= 0.6 is 0 Å². The van der Waals surface area contributed by atoms with Gasteiger partial charge in [-0.1, -0.05) is 24.3 Å². The topological polar surface area (TPSA) is 70.6 Å². The molecule has 0 saturated carbocycles. The fourth-order valence-corrected chi connectivity index (χ4v) is 3.04. The summed E-state index contributed by atoms with van der Waals surface area (Å²) >= 11 is 0. The second-order valence-corrected chi connectivity index (χ2v) is 6.85. The van der Waals surface area contributed by atoms with E-state index in [1.165, 1.54) is 18.1 Å². The Morgan fingerprint density at radius 2 is 1.96 bits per heavy atom. The first-order valence-electron chi connectivity index (χ1n) is 8.80. The van der Waals surface area contributed by atoms with E-state index in [4.69, 9.17) is 4.74 Å². The highest BCUT2D eigenvalue weighted by atomic mass is 16.5. The van der Waals surface area contributed by atoms with Crippen molar-refractivity contribution >= 4 is 5.91 Å². The molecule has 1 atom stereocenters. The Morgan fingerprint density at radius 3 is 2.54 bits per heavy atom. The van der Waals surface area contributed by atoms with Gasteiger partial charge in [0.25, 0.3) is 0 Å². The van der Waals surface area contributed by atoms with E-state index in [2.05, 4.69) is 41.8 Å². The lowest BCUT2D eigenvalue weighted by atomic mass is 9.80. The largest absolute Gasteiger partial charge is 0.396 e. The maximum atomic E-state index is 10.9. The molecular formula is C19H30N2O3. The summed E-state index contributed by atoms with van der Waals surface area (Å²) in [7, 11) is 0. The quantitative estimate of drug-likeness (QED) is 0.678. The van der Waals surface area contributed by atoms with Gasteiger partial charge in [0.1, 0.15) is 0 Å². The highest BCUT2D eigenvalue weighted by Gasteiger charge is 2.32. The fraction of sp³-hybridized carbons (Fsp3) is 0.632. The van der Waals surface area contributed by atoms with Gasteiger partial charge in [0.05, 0.1) is 6.61 Å². The zero-order chi connectivity index (χ0) is 17.4. The van der Waals surface area contributed by atoms with Crippen LogP contribution in [-0.4, -0.2) is 43.9 Å². The third-order valence-corrected chi connectivity index (χ3v) is 4.94. The fourth-order valence-electron chi connectivity index (χ4n) is 3.04. The van der Waals surface area contributed by atoms with E-state index in [9.17, 15) is 9.90 Å². The molecule has 3 N–H and O–H groups in total. The van der Waals surface area contributed by atoms with Crippen molar-refractivity contribution in [3.63, 3.8) is 0 Å². The van der Waals surface area contributed by atoms with Crippen molar-refractivity contribution in [3.05, 3.63) is 35.4 Å². The summed E-state index contributed by atoms with van der Waals surface area (Å²) in [5.41, 5.74) is 2.40. The van der Waals surface area contributed by atoms with Crippen LogP contribution < -0.4 is 10.6 Å². The Morgan fingerprint density at radius 1 is 1.29 bits per heavy atom. The third kappa shape index (κ3) is 5.58. The molecule has 0 spiro atoms. The summed E-state index contributed by atoms with van der Waals surface area (Å²) in [6.07, 6.45) is 2.66. The number of aliphatic hydroxyl groups excluding tert-OH is 1. The van der Waals surface area contributed by atoms with Crippen LogP contribution in [-0.2, 0) is 16.0 Å². The summed E-state index contributed by atoms with van der Waals surface area (Å²) in [5, 5.41) is 16.1. The van der Waals surface area contributed by atoms with Gasteiger partial charge in [-0.15, -0.1) is 0 Å². The molecule has 24 heavy (non-hydrogen) atoms. The number of nitrogens with one attached hydrogen (secondary N) is 2. The second kappa shape index (κ2) is 9.16. The first-order valence-corrected chi connectivity index (χ1v) is 8.80. The molecule has 1 aliphatic rings. The highest BCUT2D eigenvalue weighted by Crippen LogP contribution is 2.30. The van der Waals surface area contributed by atoms with Crippen LogP contribution in [0, 0.1) is 5.41 Å². The van der Waals surface area contributed by atoms with E-state index in [0.717, 1.165) is 39.0 Å². The minimum absolute atomic E-state index is 0.00960. The Labute approximate surface area is 144 Å². The number of hydrogen-bond donors (Lipinski definition) is 3. The lowest BCUT2D eigenvalue weighted by molar-refractivity contribution is -0.118. The maximum absolute atomic E-state index is 10.9. The van der Waals surface area contributed by atoms with Gasteiger partial charge in [-0.3, -0.25) is 4.79 Å². The summed E-state index contributed by atoms with van der Waals surface area (Å²) in [6.45, 7) is 6.84. The number of carbonyl (C=O) groups is 1. The summed E-state index contributed by atoms with van der Waals surface area (Å²) in [4.78, 5) is 10.9. The van der Waals surface area contributed by atoms with Gasteiger partial charge < -0.3 is 20.5 Å². The molecule has 5 heteroatoms. The van der Waals surface area contributed by atoms with Gasteiger partial charge in [0.15, 0.2) is 0 Å². The normalized spacial score (nSPS) is 18.1. The Kier molecular flexibility index (Phi) is 7.21. The predicted molar refractivity (Wildman–Crippen MR) is 94.8 cm³/mol. The molecule has 0 bridgehead atoms. The number of ether oxygens (including phenoxy) is 1. The Balaban J connectivity index is 1.83. The number of aliphatic hydroxyl groups is 1. The molecule has 1 amide bonds. The van der Waals surface area contributed by atoms with Gasteiger partial charge in [-0.25, -0.2) is 0 Å². The molecule has 1 aromatic carbocycles. The van der Waals surface area contributed by atoms with Crippen molar-refractivity contribution in [1.29, 1.82) is 0 Å². The predicted octanol–water partition coefficient (Wildman–Crippen LogP) is 1.80. The third-order valence-electron chi connectivity index (χ3n) is 4.94. The highest BCUT2D eigenvalue weighted by molar-refractivity contribution is 5.72. The standard InChI is InChI=1S/C19H30N2O3/c1-15(21-13-19(14-22)8-11-24-12-9-19)18-5-3-17(4-6-18)7-10-20-16(2)23/h3-6,15,21-22H,7-14H2,1-2H3,(H,20,23). The lowest BCUT2D eigenvalue weighted by Crippen LogP contribution is -2.42. The second-order valence-electron chi connectivity index (χ2n) is 6.85. The molecule has 1 aliphatic heterocycles. The molecule has 1 saturated heterocycles. The van der Waals surface area contributed by atoms with Crippen molar-refractivity contribution in [3.8, 4) is 0 Å². The monoisotopic (exact) mass is 334 g/mol. The number of amides is 1. The molecule has 5 nitrogen and oxygen atoms in total. The number of rotatable bonds is 8. The maximum Gasteiger partial charge on any atom is 0.216 e. The molecule has 2 rings (SSSR count). The smallest absolute Gasteiger partial charge is 0.216 e. The first kappa shape index (κ1) is 18.9. The minimum atomic E-state index is -0.0508. The number of carbonyl (C=O) groups excluding carboxylic acids is 1. The van der Waals surface area contributed by atoms with E-state index >= 15 is 0 Å². The Bertz CT molecular complexity index is 510. The van der Waals surface area contributed by atoms with Crippen molar-refractivity contribution in [2.75, 3.05) is 32.9 Å². The SMILES string of the molecule is CC(=O)NCCc1ccc(C(C)NCC2(CO)CCOCC2)cc1. The van der Waals surface area contributed by atoms with E-state index in [-0.39, 0.29) is 24.0 Å². The average Bonchev–Trinajstić information content (AvgIpc) is 2.61. The van der Waals surface area contributed by atoms with Crippen molar-refractivity contribution in [2.45, 2.75) is 39.2 Å². The van der Waals surface area contributed by atoms with Gasteiger partial charge in [-0.2, -0.15) is 0 Å². The van der Waals surface area contributed by atoms with Gasteiger partial charge in [-0.05, 0) is 37.3 Å². The number of benzene rings is 1. The van der Waals surface area contributed by atoms with Gasteiger partial charge in [0.2, 0.25) is 5.91 Å². The molecule has 1 heterocycles. The zero-order valence-electron chi connectivity index (χ0n) is 14.8. The van der Waals surface area contributed by atoms with Crippen molar-refractivity contribution in [2.24, 2.45) is 5.41 Å². The summed E-state index contributed by atoms with van der Waals surface area (Å²) < 4.78 is 5.41. The molecule has 0 radical (unpaired) electrons. The molecule has 134 valence electrons. The molecule has 1 unspecified atom stereocenters. The van der Waals surface area contributed by atoms with E-state index in [1.54, 1.807) is 0 Å². The van der Waals surface area contributed by atoms with Crippen LogP contribution in [0.2, 0.25) is 0 Å². The van der Waals surface area contributed by atoms with E-state index < -0.39 is 0 Å². The molecule has 1 aromatic rings. The first-order chi connectivity index (χ1) is 11.5. The zero-order valence-corrected chi connectivity index (χ0v) is 14.8. The van der Waals surface area contributed by atoms with Crippen LogP contribution in [0.1, 0.15) is 43.9 Å². The van der Waals surface area contributed by atoms with Crippen molar-refractivity contribution < 1.29 is 14.6 Å². The van der Waals surface area contributed by atoms with Crippen molar-refractivity contribution in [1.82, 2.24) is 10.6 Å². The van der Waals surface area contributed by atoms with E-state index in [0.29, 0.717) is 6.54 Å². The summed E-state index contributed by atoms with van der Waals surface area (Å²) in [6, 6.07) is 8.74. The van der Waals surface area contributed by atoms with Crippen LogP contribution in [0.15, 0.2) is 24.3 Å². The minimum Gasteiger partial charge on any atom is -0.396 e. The van der Waals surface area contributed by atoms with Crippen LogP contribution in [0.3, 0.4) is 0 Å². The molecule has 0 aromatic heterocycles. The average molecular weight is 334 g/mol. The van der Waals surface area contributed by atoms with Crippen LogP contribution in [0.4, 0.5) is 0 Å². The molecular weight excluding hydrogens is 304 g/mol. The Hall–Kier alpha value is -1.43. The molecule has 0 aliphatic carbocycles. The van der Waals surface area contributed by atoms with Crippen LogP contribution in [0.25, 0.3) is 0 Å². The van der Waals surface area contributed by atoms with Gasteiger partial charge >= 0.3 is 0 Å². The number of hydrogen-bond acceptors (Lipinski definition) is 4. The van der Waals surface area contributed by atoms with E-state index in [1.807, 2.05) is 0 Å². The van der Waals surface area contributed by atoms with Gasteiger partial charge in [0, 0.05) is 44.7 Å². The lowest BCUT2D eigenvalue weighted by Gasteiger charge is -2.36. The molecule has 1 fully saturated rings.